The zero-order valence-electron chi connectivity index (χ0n) is 33.3. The SMILES string of the molecule is COc1ccc(-c2csc(C(=O)N3C[C@H]4CN5C(=O)[C@@H](CC(=O)OCC(C)(C)C)CCCCC/C=C\[C@@H]6C[C@@]6(C(=O)NS(=O)(=O)C6CC6)NC(=O)[C@@H]5[C@H]4C3)n2)cc1F. The molecule has 2 saturated heterocycles. The minimum Gasteiger partial charge on any atom is -0.494 e. The van der Waals surface area contributed by atoms with Gasteiger partial charge in [-0.3, -0.25) is 28.7 Å². The summed E-state index contributed by atoms with van der Waals surface area (Å²) in [6, 6.07) is 3.31. The molecule has 4 fully saturated rings. The maximum Gasteiger partial charge on any atom is 0.306 e. The summed E-state index contributed by atoms with van der Waals surface area (Å²) in [5.74, 6) is -5.21. The number of sulfonamides is 1. The number of likely N-dealkylation sites (tertiary alicyclic amines) is 1. The highest BCUT2D eigenvalue weighted by atomic mass is 32.2. The van der Waals surface area contributed by atoms with E-state index in [0.29, 0.717) is 43.4 Å². The number of fused-ring (bicyclic) bond motifs is 4. The first-order valence-corrected chi connectivity index (χ1v) is 22.5. The van der Waals surface area contributed by atoms with Gasteiger partial charge in [-0.2, -0.15) is 0 Å². The first kappa shape index (κ1) is 41.8. The number of benzene rings is 1. The number of ether oxygens (including phenoxy) is 2. The number of thiazole rings is 1. The van der Waals surface area contributed by atoms with E-state index >= 15 is 0 Å². The number of nitrogens with zero attached hydrogens (tertiary/aromatic N) is 3. The van der Waals surface area contributed by atoms with Crippen LogP contribution in [0.3, 0.4) is 0 Å². The number of amides is 4. The van der Waals surface area contributed by atoms with Crippen LogP contribution in [-0.2, 0) is 33.9 Å². The lowest BCUT2D eigenvalue weighted by molar-refractivity contribution is -0.152. The Labute approximate surface area is 342 Å². The summed E-state index contributed by atoms with van der Waals surface area (Å²) in [5, 5.41) is 4.12. The van der Waals surface area contributed by atoms with E-state index in [4.69, 9.17) is 9.47 Å². The van der Waals surface area contributed by atoms with E-state index in [2.05, 4.69) is 15.0 Å². The summed E-state index contributed by atoms with van der Waals surface area (Å²) < 4.78 is 53.1. The molecule has 7 rings (SSSR count). The van der Waals surface area contributed by atoms with Crippen LogP contribution in [0.5, 0.6) is 5.75 Å². The molecule has 2 N–H and O–H groups in total. The number of allylic oxidation sites excluding steroid dienone is 1. The molecule has 2 aromatic rings. The number of esters is 1. The second kappa shape index (κ2) is 16.3. The monoisotopic (exact) mass is 841 g/mol. The predicted molar refractivity (Wildman–Crippen MR) is 212 cm³/mol. The summed E-state index contributed by atoms with van der Waals surface area (Å²) in [6.45, 7) is 6.47. The number of nitrogens with one attached hydrogen (secondary N) is 2. The average molecular weight is 842 g/mol. The van der Waals surface area contributed by atoms with Gasteiger partial charge in [0.25, 0.3) is 11.8 Å². The van der Waals surface area contributed by atoms with Crippen molar-refractivity contribution in [2.75, 3.05) is 33.4 Å². The van der Waals surface area contributed by atoms with Gasteiger partial charge in [-0.05, 0) is 62.1 Å². The lowest BCUT2D eigenvalue weighted by atomic mass is 9.92. The Balaban J connectivity index is 1.16. The average Bonchev–Trinajstić information content (AvgIpc) is 3.99. The highest BCUT2D eigenvalue weighted by Gasteiger charge is 2.63. The third-order valence-corrected chi connectivity index (χ3v) is 14.5. The van der Waals surface area contributed by atoms with E-state index < -0.39 is 68.2 Å². The molecule has 0 bridgehead atoms. The number of rotatable bonds is 9. The third-order valence-electron chi connectivity index (χ3n) is 11.8. The van der Waals surface area contributed by atoms with E-state index in [1.54, 1.807) is 16.3 Å². The molecular formula is C41H52FN5O9S2. The topological polar surface area (TPSA) is 181 Å². The van der Waals surface area contributed by atoms with Gasteiger partial charge in [0.15, 0.2) is 16.6 Å². The minimum absolute atomic E-state index is 0.0824. The third kappa shape index (κ3) is 8.94. The van der Waals surface area contributed by atoms with Crippen molar-refractivity contribution in [2.24, 2.45) is 29.1 Å². The summed E-state index contributed by atoms with van der Waals surface area (Å²) in [6.07, 6.45) is 8.11. The number of aromatic nitrogens is 1. The first-order valence-electron chi connectivity index (χ1n) is 20.1. The number of carbonyl (C=O) groups excluding carboxylic acids is 5. The Morgan fingerprint density at radius 1 is 1.09 bits per heavy atom. The molecule has 4 amide bonds. The van der Waals surface area contributed by atoms with Crippen LogP contribution in [0.15, 0.2) is 35.7 Å². The van der Waals surface area contributed by atoms with Crippen molar-refractivity contribution in [3.63, 3.8) is 0 Å². The number of carbonyl (C=O) groups is 5. The molecule has 314 valence electrons. The van der Waals surface area contributed by atoms with Crippen molar-refractivity contribution < 1.29 is 46.3 Å². The standard InChI is InChI=1S/C41H52FN5O9S2/c1-40(2,3)23-56-33(48)17-25-10-8-6-5-7-9-11-27-18-41(27,39(52)45-58(53,54)28-13-14-28)44-35(49)34-29-21-46(19-26(29)20-47(34)37(25)50)38(51)36-43-31(22-57-36)24-12-15-32(55-4)30(42)16-24/h9,11-12,15-16,22,25-29,34H,5-8,10,13-14,17-21,23H2,1-4H3,(H,44,49)(H,45,52)/b11-9-/t25-,26+,27-,29+,34+,41-/m1/s1. The molecule has 0 unspecified atom stereocenters. The van der Waals surface area contributed by atoms with Crippen LogP contribution < -0.4 is 14.8 Å². The molecule has 14 nitrogen and oxygen atoms in total. The van der Waals surface area contributed by atoms with Crippen molar-refractivity contribution in [2.45, 2.75) is 95.4 Å². The van der Waals surface area contributed by atoms with E-state index in [0.717, 1.165) is 24.2 Å². The van der Waals surface area contributed by atoms with Crippen LogP contribution in [0.4, 0.5) is 4.39 Å². The summed E-state index contributed by atoms with van der Waals surface area (Å²) in [7, 11) is -2.56. The quantitative estimate of drug-likeness (QED) is 0.271. The summed E-state index contributed by atoms with van der Waals surface area (Å²) in [4.78, 5) is 77.9. The smallest absolute Gasteiger partial charge is 0.306 e. The fraction of sp³-hybridized carbons (Fsp3) is 0.610. The van der Waals surface area contributed by atoms with Crippen molar-refractivity contribution >= 4 is 51.0 Å². The normalized spacial score (nSPS) is 28.3. The Morgan fingerprint density at radius 3 is 2.57 bits per heavy atom. The fourth-order valence-corrected chi connectivity index (χ4v) is 10.5. The number of hydrogen-bond donors (Lipinski definition) is 2. The van der Waals surface area contributed by atoms with E-state index in [1.807, 2.05) is 32.9 Å². The highest BCUT2D eigenvalue weighted by molar-refractivity contribution is 7.91. The Kier molecular flexibility index (Phi) is 11.8. The van der Waals surface area contributed by atoms with Gasteiger partial charge in [-0.1, -0.05) is 45.8 Å². The minimum atomic E-state index is -3.93. The Bertz CT molecular complexity index is 2100. The van der Waals surface area contributed by atoms with Gasteiger partial charge < -0.3 is 24.6 Å². The zero-order valence-corrected chi connectivity index (χ0v) is 35.0. The molecule has 1 aromatic heterocycles. The fourth-order valence-electron chi connectivity index (χ4n) is 8.39. The molecule has 2 aliphatic carbocycles. The molecule has 58 heavy (non-hydrogen) atoms. The van der Waals surface area contributed by atoms with Crippen LogP contribution in [0, 0.1) is 34.9 Å². The maximum absolute atomic E-state index is 14.7. The van der Waals surface area contributed by atoms with Crippen LogP contribution in [-0.4, -0.2) is 103 Å². The second-order valence-electron chi connectivity index (χ2n) is 17.6. The van der Waals surface area contributed by atoms with Gasteiger partial charge in [0, 0.05) is 54.2 Å². The summed E-state index contributed by atoms with van der Waals surface area (Å²) in [5.41, 5.74) is -0.922. The van der Waals surface area contributed by atoms with Crippen LogP contribution in [0.25, 0.3) is 11.3 Å². The van der Waals surface area contributed by atoms with Gasteiger partial charge in [0.2, 0.25) is 21.8 Å². The van der Waals surface area contributed by atoms with Gasteiger partial charge in [0.05, 0.1) is 31.1 Å². The zero-order chi connectivity index (χ0) is 41.6. The van der Waals surface area contributed by atoms with Crippen LogP contribution in [0.1, 0.15) is 88.4 Å². The lowest BCUT2D eigenvalue weighted by Gasteiger charge is -2.32. The van der Waals surface area contributed by atoms with Crippen molar-refractivity contribution in [3.8, 4) is 17.0 Å². The maximum atomic E-state index is 14.7. The van der Waals surface area contributed by atoms with E-state index in [9.17, 15) is 36.8 Å². The molecule has 0 radical (unpaired) electrons. The van der Waals surface area contributed by atoms with E-state index in [-0.39, 0.29) is 73.0 Å². The highest BCUT2D eigenvalue weighted by Crippen LogP contribution is 2.47. The molecule has 3 aliphatic heterocycles. The van der Waals surface area contributed by atoms with Gasteiger partial charge in [-0.25, -0.2) is 17.8 Å². The second-order valence-corrected chi connectivity index (χ2v) is 20.4. The predicted octanol–water partition coefficient (Wildman–Crippen LogP) is 4.46. The number of methoxy groups -OCH3 is 1. The molecule has 17 heteroatoms. The Hall–Kier alpha value is -4.38. The molecule has 4 heterocycles. The van der Waals surface area contributed by atoms with E-state index in [1.165, 1.54) is 24.1 Å². The van der Waals surface area contributed by atoms with Crippen LogP contribution >= 0.6 is 11.3 Å². The summed E-state index contributed by atoms with van der Waals surface area (Å²) >= 11 is 1.11. The van der Waals surface area contributed by atoms with Crippen molar-refractivity contribution in [3.05, 3.63) is 46.6 Å². The number of hydrogen-bond acceptors (Lipinski definition) is 11. The lowest BCUT2D eigenvalue weighted by Crippen LogP contribution is -2.58. The van der Waals surface area contributed by atoms with Crippen LogP contribution in [0.2, 0.25) is 0 Å². The van der Waals surface area contributed by atoms with Crippen molar-refractivity contribution in [1.29, 1.82) is 0 Å². The largest absolute Gasteiger partial charge is 0.494 e. The molecule has 5 aliphatic rings. The number of halogens is 1. The van der Waals surface area contributed by atoms with Gasteiger partial charge in [0.1, 0.15) is 11.6 Å². The van der Waals surface area contributed by atoms with Gasteiger partial charge in [-0.15, -0.1) is 11.3 Å². The molecule has 0 spiro atoms. The Morgan fingerprint density at radius 2 is 1.86 bits per heavy atom. The molecule has 6 atom stereocenters. The molecule has 1 aromatic carbocycles. The van der Waals surface area contributed by atoms with Gasteiger partial charge >= 0.3 is 5.97 Å². The molecule has 2 saturated carbocycles. The molecular weight excluding hydrogens is 790 g/mol. The first-order chi connectivity index (χ1) is 27.5. The van der Waals surface area contributed by atoms with Crippen molar-refractivity contribution in [1.82, 2.24) is 24.8 Å².